The van der Waals surface area contributed by atoms with Gasteiger partial charge in [0.1, 0.15) is 0 Å². The fourth-order valence-corrected chi connectivity index (χ4v) is 2.01. The van der Waals surface area contributed by atoms with Crippen LogP contribution in [0.15, 0.2) is 6.07 Å². The molecule has 0 aliphatic carbocycles. The number of rotatable bonds is 5. The maximum atomic E-state index is 8.86. The van der Waals surface area contributed by atoms with Gasteiger partial charge in [-0.2, -0.15) is 0 Å². The van der Waals surface area contributed by atoms with E-state index in [0.717, 1.165) is 6.54 Å². The number of hydrogen-bond acceptors (Lipinski definition) is 3. The molecule has 0 saturated carbocycles. The normalized spacial score (nSPS) is 12.8. The Hall–Kier alpha value is -0.900. The Bertz CT molecular complexity index is 362. The van der Waals surface area contributed by atoms with E-state index in [1.807, 2.05) is 0 Å². The van der Waals surface area contributed by atoms with E-state index < -0.39 is 0 Å². The molecule has 0 aliphatic rings. The number of nitrogens with one attached hydrogen (secondary N) is 1. The summed E-state index contributed by atoms with van der Waals surface area (Å²) in [6, 6.07) is 2.05. The zero-order valence-electron chi connectivity index (χ0n) is 11.3. The lowest BCUT2D eigenvalue weighted by molar-refractivity contribution is 0.262. The first-order valence-electron chi connectivity index (χ1n) is 6.10. The van der Waals surface area contributed by atoms with Crippen molar-refractivity contribution in [3.05, 3.63) is 33.9 Å². The number of aliphatic hydroxyl groups excluding tert-OH is 1. The zero-order valence-corrected chi connectivity index (χ0v) is 11.3. The Morgan fingerprint density at radius 2 is 1.71 bits per heavy atom. The van der Waals surface area contributed by atoms with Crippen molar-refractivity contribution in [2.24, 2.45) is 5.73 Å². The predicted octanol–water partition coefficient (Wildman–Crippen LogP) is 1.33. The number of aliphatic hydroxyl groups is 1. The maximum absolute atomic E-state index is 8.86. The van der Waals surface area contributed by atoms with Crippen molar-refractivity contribution in [1.29, 1.82) is 0 Å². The zero-order chi connectivity index (χ0) is 13.0. The number of benzene rings is 1. The molecule has 0 bridgehead atoms. The van der Waals surface area contributed by atoms with E-state index in [2.05, 4.69) is 39.1 Å². The Labute approximate surface area is 104 Å². The molecule has 1 atom stereocenters. The van der Waals surface area contributed by atoms with Crippen molar-refractivity contribution in [3.63, 3.8) is 0 Å². The van der Waals surface area contributed by atoms with Crippen molar-refractivity contribution < 1.29 is 5.11 Å². The molecular formula is C14H24N2O. The highest BCUT2D eigenvalue weighted by atomic mass is 16.3. The van der Waals surface area contributed by atoms with Gasteiger partial charge in [-0.05, 0) is 55.5 Å². The van der Waals surface area contributed by atoms with Crippen molar-refractivity contribution in [2.45, 2.75) is 40.3 Å². The second-order valence-electron chi connectivity index (χ2n) is 4.81. The molecule has 4 N–H and O–H groups in total. The van der Waals surface area contributed by atoms with Crippen molar-refractivity contribution >= 4 is 0 Å². The molecule has 0 saturated heterocycles. The van der Waals surface area contributed by atoms with Crippen LogP contribution in [0.5, 0.6) is 0 Å². The summed E-state index contributed by atoms with van der Waals surface area (Å²) < 4.78 is 0. The summed E-state index contributed by atoms with van der Waals surface area (Å²) in [6.07, 6.45) is 0. The van der Waals surface area contributed by atoms with E-state index in [1.54, 1.807) is 0 Å². The molecule has 0 aliphatic heterocycles. The summed E-state index contributed by atoms with van der Waals surface area (Å²) in [4.78, 5) is 0. The third-order valence-electron chi connectivity index (χ3n) is 3.46. The van der Waals surface area contributed by atoms with Crippen LogP contribution in [-0.2, 0) is 6.54 Å². The van der Waals surface area contributed by atoms with Crippen LogP contribution < -0.4 is 11.1 Å². The molecule has 0 radical (unpaired) electrons. The predicted molar refractivity (Wildman–Crippen MR) is 72.2 cm³/mol. The highest BCUT2D eigenvalue weighted by Gasteiger charge is 2.08. The van der Waals surface area contributed by atoms with Gasteiger partial charge in [0, 0.05) is 19.1 Å². The van der Waals surface area contributed by atoms with Gasteiger partial charge < -0.3 is 16.2 Å². The summed E-state index contributed by atoms with van der Waals surface area (Å²) in [7, 11) is 0. The van der Waals surface area contributed by atoms with Gasteiger partial charge in [0.05, 0.1) is 6.61 Å². The second-order valence-corrected chi connectivity index (χ2v) is 4.81. The molecule has 0 amide bonds. The SMILES string of the molecule is Cc1cc(C)c(C)c(CNCC(N)CO)c1C. The monoisotopic (exact) mass is 236 g/mol. The van der Waals surface area contributed by atoms with Crippen LogP contribution in [0.2, 0.25) is 0 Å². The Kier molecular flexibility index (Phi) is 5.12. The fraction of sp³-hybridized carbons (Fsp3) is 0.571. The average molecular weight is 236 g/mol. The highest BCUT2D eigenvalue weighted by molar-refractivity contribution is 5.43. The summed E-state index contributed by atoms with van der Waals surface area (Å²) in [5.41, 5.74) is 12.4. The van der Waals surface area contributed by atoms with Gasteiger partial charge in [-0.15, -0.1) is 0 Å². The Balaban J connectivity index is 2.77. The quantitative estimate of drug-likeness (QED) is 0.723. The largest absolute Gasteiger partial charge is 0.395 e. The summed E-state index contributed by atoms with van der Waals surface area (Å²) >= 11 is 0. The van der Waals surface area contributed by atoms with Crippen LogP contribution >= 0.6 is 0 Å². The van der Waals surface area contributed by atoms with Gasteiger partial charge in [-0.1, -0.05) is 6.07 Å². The minimum atomic E-state index is -0.179. The van der Waals surface area contributed by atoms with Crippen molar-refractivity contribution in [3.8, 4) is 0 Å². The summed E-state index contributed by atoms with van der Waals surface area (Å²) in [5, 5.41) is 12.2. The lowest BCUT2D eigenvalue weighted by Gasteiger charge is -2.17. The third kappa shape index (κ3) is 3.53. The van der Waals surface area contributed by atoms with E-state index in [0.29, 0.717) is 6.54 Å². The molecule has 0 fully saturated rings. The van der Waals surface area contributed by atoms with Crippen LogP contribution in [0.1, 0.15) is 27.8 Å². The molecule has 1 rings (SSSR count). The highest BCUT2D eigenvalue weighted by Crippen LogP contribution is 2.21. The van der Waals surface area contributed by atoms with Crippen molar-refractivity contribution in [1.82, 2.24) is 5.32 Å². The van der Waals surface area contributed by atoms with Crippen LogP contribution in [0.25, 0.3) is 0 Å². The van der Waals surface area contributed by atoms with Crippen molar-refractivity contribution in [2.75, 3.05) is 13.2 Å². The topological polar surface area (TPSA) is 58.3 Å². The standard InChI is InChI=1S/C14H24N2O/c1-9-5-10(2)12(4)14(11(9)3)7-16-6-13(15)8-17/h5,13,16-17H,6-8,15H2,1-4H3. The van der Waals surface area contributed by atoms with E-state index in [9.17, 15) is 0 Å². The third-order valence-corrected chi connectivity index (χ3v) is 3.46. The molecule has 1 aromatic rings. The lowest BCUT2D eigenvalue weighted by atomic mass is 9.94. The van der Waals surface area contributed by atoms with Gasteiger partial charge >= 0.3 is 0 Å². The second kappa shape index (κ2) is 6.15. The maximum Gasteiger partial charge on any atom is 0.0594 e. The summed E-state index contributed by atoms with van der Waals surface area (Å²) in [5.74, 6) is 0. The summed E-state index contributed by atoms with van der Waals surface area (Å²) in [6.45, 7) is 10.1. The average Bonchev–Trinajstić information content (AvgIpc) is 2.30. The minimum Gasteiger partial charge on any atom is -0.395 e. The molecule has 1 aromatic carbocycles. The van der Waals surface area contributed by atoms with Gasteiger partial charge in [0.2, 0.25) is 0 Å². The smallest absolute Gasteiger partial charge is 0.0594 e. The van der Waals surface area contributed by atoms with Gasteiger partial charge in [0.25, 0.3) is 0 Å². The molecule has 96 valence electrons. The number of hydrogen-bond donors (Lipinski definition) is 3. The van der Waals surface area contributed by atoms with Gasteiger partial charge in [0.15, 0.2) is 0 Å². The van der Waals surface area contributed by atoms with Crippen LogP contribution in [0.4, 0.5) is 0 Å². The molecule has 1 unspecified atom stereocenters. The first kappa shape index (κ1) is 14.2. The Morgan fingerprint density at radius 3 is 2.18 bits per heavy atom. The van der Waals surface area contributed by atoms with Crippen LogP contribution in [-0.4, -0.2) is 24.3 Å². The minimum absolute atomic E-state index is 0.0256. The molecule has 0 spiro atoms. The molecule has 0 heterocycles. The first-order chi connectivity index (χ1) is 7.97. The number of aryl methyl sites for hydroxylation is 2. The van der Waals surface area contributed by atoms with E-state index in [4.69, 9.17) is 10.8 Å². The molecule has 17 heavy (non-hydrogen) atoms. The first-order valence-corrected chi connectivity index (χ1v) is 6.10. The van der Waals surface area contributed by atoms with E-state index >= 15 is 0 Å². The molecular weight excluding hydrogens is 212 g/mol. The number of nitrogens with two attached hydrogens (primary N) is 1. The Morgan fingerprint density at radius 1 is 1.18 bits per heavy atom. The molecule has 0 aromatic heterocycles. The molecule has 3 heteroatoms. The van der Waals surface area contributed by atoms with E-state index in [1.165, 1.54) is 27.8 Å². The molecule has 3 nitrogen and oxygen atoms in total. The fourth-order valence-electron chi connectivity index (χ4n) is 2.01. The van der Waals surface area contributed by atoms with Gasteiger partial charge in [-0.3, -0.25) is 0 Å². The van der Waals surface area contributed by atoms with Gasteiger partial charge in [-0.25, -0.2) is 0 Å². The van der Waals surface area contributed by atoms with Crippen LogP contribution in [0, 0.1) is 27.7 Å². The van der Waals surface area contributed by atoms with E-state index in [-0.39, 0.29) is 12.6 Å². The van der Waals surface area contributed by atoms with Crippen LogP contribution in [0.3, 0.4) is 0 Å². The lowest BCUT2D eigenvalue weighted by Crippen LogP contribution is -2.36.